The summed E-state index contributed by atoms with van der Waals surface area (Å²) in [5.74, 6) is 1.51. The number of ether oxygens (including phenoxy) is 2. The number of anilines is 2. The second-order valence-corrected chi connectivity index (χ2v) is 7.24. The molecule has 1 saturated heterocycles. The molecule has 1 N–H and O–H groups in total. The number of methoxy groups -OCH3 is 1. The number of fused-ring (bicyclic) bond motifs is 1. The molecule has 0 aliphatic carbocycles. The van der Waals surface area contributed by atoms with Crippen molar-refractivity contribution in [2.75, 3.05) is 38.7 Å². The van der Waals surface area contributed by atoms with E-state index in [1.165, 1.54) is 0 Å². The van der Waals surface area contributed by atoms with Crippen LogP contribution in [0.15, 0.2) is 48.9 Å². The van der Waals surface area contributed by atoms with Gasteiger partial charge in [-0.2, -0.15) is 5.10 Å². The Balaban J connectivity index is 1.31. The molecule has 0 radical (unpaired) electrons. The van der Waals surface area contributed by atoms with Crippen LogP contribution in [0.2, 0.25) is 0 Å². The van der Waals surface area contributed by atoms with Crippen LogP contribution in [-0.2, 0) is 16.1 Å². The molecule has 0 unspecified atom stereocenters. The van der Waals surface area contributed by atoms with Crippen molar-refractivity contribution in [1.29, 1.82) is 0 Å². The Morgan fingerprint density at radius 3 is 2.75 bits per heavy atom. The zero-order valence-corrected chi connectivity index (χ0v) is 17.5. The van der Waals surface area contributed by atoms with Crippen LogP contribution in [0.1, 0.15) is 0 Å². The largest absolute Gasteiger partial charge is 0.481 e. The first kappa shape index (κ1) is 19.9. The minimum Gasteiger partial charge on any atom is -0.481 e. The molecule has 1 amide bonds. The van der Waals surface area contributed by atoms with Gasteiger partial charge in [-0.25, -0.2) is 14.5 Å². The van der Waals surface area contributed by atoms with Gasteiger partial charge in [0.2, 0.25) is 17.7 Å². The molecule has 11 nitrogen and oxygen atoms in total. The highest BCUT2D eigenvalue weighted by Gasteiger charge is 2.17. The smallest absolute Gasteiger partial charge is 0.246 e. The molecule has 32 heavy (non-hydrogen) atoms. The summed E-state index contributed by atoms with van der Waals surface area (Å²) in [5, 5.41) is 12.1. The maximum Gasteiger partial charge on any atom is 0.246 e. The van der Waals surface area contributed by atoms with Crippen LogP contribution in [0.25, 0.3) is 16.8 Å². The summed E-state index contributed by atoms with van der Waals surface area (Å²) in [4.78, 5) is 22.8. The molecule has 0 spiro atoms. The lowest BCUT2D eigenvalue weighted by atomic mass is 10.2. The van der Waals surface area contributed by atoms with Gasteiger partial charge in [0.15, 0.2) is 5.82 Å². The van der Waals surface area contributed by atoms with Crippen LogP contribution in [0.5, 0.6) is 5.88 Å². The molecular weight excluding hydrogens is 412 g/mol. The van der Waals surface area contributed by atoms with Gasteiger partial charge in [0.1, 0.15) is 6.54 Å². The van der Waals surface area contributed by atoms with Crippen LogP contribution in [0, 0.1) is 0 Å². The quantitative estimate of drug-likeness (QED) is 0.487. The van der Waals surface area contributed by atoms with Crippen molar-refractivity contribution in [2.45, 2.75) is 6.54 Å². The number of carbonyl (C=O) groups is 1. The number of morpholine rings is 1. The maximum absolute atomic E-state index is 12.4. The third kappa shape index (κ3) is 4.10. The Hall–Kier alpha value is -3.99. The molecule has 0 atom stereocenters. The van der Waals surface area contributed by atoms with E-state index in [9.17, 15) is 4.79 Å². The van der Waals surface area contributed by atoms with E-state index in [0.717, 1.165) is 16.8 Å². The fraction of sp³-hybridized carbons (Fsp3) is 0.286. The summed E-state index contributed by atoms with van der Waals surface area (Å²) in [5.41, 5.74) is 2.63. The fourth-order valence-electron chi connectivity index (χ4n) is 3.51. The molecule has 164 valence electrons. The first-order valence-electron chi connectivity index (χ1n) is 10.2. The van der Waals surface area contributed by atoms with E-state index in [2.05, 4.69) is 25.5 Å². The van der Waals surface area contributed by atoms with E-state index in [-0.39, 0.29) is 12.5 Å². The van der Waals surface area contributed by atoms with Crippen molar-refractivity contribution in [3.63, 3.8) is 0 Å². The zero-order chi connectivity index (χ0) is 21.9. The van der Waals surface area contributed by atoms with Crippen molar-refractivity contribution in [3.05, 3.63) is 48.9 Å². The van der Waals surface area contributed by atoms with E-state index in [0.29, 0.717) is 43.9 Å². The number of nitrogens with one attached hydrogen (secondary N) is 1. The van der Waals surface area contributed by atoms with Gasteiger partial charge in [-0.05, 0) is 18.2 Å². The Morgan fingerprint density at radius 2 is 1.97 bits per heavy atom. The average molecular weight is 434 g/mol. The number of amides is 1. The van der Waals surface area contributed by atoms with E-state index in [1.54, 1.807) is 51.9 Å². The molecular formula is C21H22N8O3. The third-order valence-electron chi connectivity index (χ3n) is 5.18. The molecule has 4 aromatic heterocycles. The third-order valence-corrected chi connectivity index (χ3v) is 5.18. The summed E-state index contributed by atoms with van der Waals surface area (Å²) < 4.78 is 13.8. The molecule has 1 aliphatic rings. The minimum absolute atomic E-state index is 0.0192. The maximum atomic E-state index is 12.4. The van der Waals surface area contributed by atoms with E-state index in [4.69, 9.17) is 9.47 Å². The van der Waals surface area contributed by atoms with Crippen LogP contribution >= 0.6 is 0 Å². The Bertz CT molecular complexity index is 1230. The lowest BCUT2D eigenvalue weighted by molar-refractivity contribution is -0.136. The van der Waals surface area contributed by atoms with Crippen LogP contribution in [0.3, 0.4) is 0 Å². The van der Waals surface area contributed by atoms with Gasteiger partial charge in [-0.3, -0.25) is 9.48 Å². The Morgan fingerprint density at radius 1 is 1.09 bits per heavy atom. The lowest BCUT2D eigenvalue weighted by Gasteiger charge is -2.26. The van der Waals surface area contributed by atoms with Crippen LogP contribution < -0.4 is 10.1 Å². The van der Waals surface area contributed by atoms with Gasteiger partial charge < -0.3 is 19.7 Å². The summed E-state index contributed by atoms with van der Waals surface area (Å²) in [6, 6.07) is 9.42. The highest BCUT2D eigenvalue weighted by atomic mass is 16.5. The van der Waals surface area contributed by atoms with Gasteiger partial charge in [-0.15, -0.1) is 5.10 Å². The van der Waals surface area contributed by atoms with Gasteiger partial charge >= 0.3 is 0 Å². The summed E-state index contributed by atoms with van der Waals surface area (Å²) in [6.45, 7) is 2.55. The highest BCUT2D eigenvalue weighted by molar-refractivity contribution is 5.76. The molecule has 4 aromatic rings. The van der Waals surface area contributed by atoms with Crippen LogP contribution in [0.4, 0.5) is 11.8 Å². The van der Waals surface area contributed by atoms with Crippen molar-refractivity contribution in [2.24, 2.45) is 0 Å². The van der Waals surface area contributed by atoms with Crippen molar-refractivity contribution >= 4 is 23.2 Å². The van der Waals surface area contributed by atoms with Gasteiger partial charge in [0, 0.05) is 43.2 Å². The van der Waals surface area contributed by atoms with Crippen LogP contribution in [-0.4, -0.2) is 73.6 Å². The molecule has 11 heteroatoms. The average Bonchev–Trinajstić information content (AvgIpc) is 3.46. The van der Waals surface area contributed by atoms with Crippen molar-refractivity contribution < 1.29 is 14.3 Å². The lowest BCUT2D eigenvalue weighted by Crippen LogP contribution is -2.42. The molecule has 0 aromatic carbocycles. The highest BCUT2D eigenvalue weighted by Crippen LogP contribution is 2.23. The Labute approximate surface area is 183 Å². The molecule has 5 rings (SSSR count). The number of carbonyl (C=O) groups excluding carboxylic acids is 1. The second kappa shape index (κ2) is 8.63. The van der Waals surface area contributed by atoms with Gasteiger partial charge in [0.25, 0.3) is 0 Å². The number of pyridine rings is 1. The van der Waals surface area contributed by atoms with E-state index < -0.39 is 0 Å². The first-order chi connectivity index (χ1) is 15.7. The molecule has 5 heterocycles. The van der Waals surface area contributed by atoms with Gasteiger partial charge in [-0.1, -0.05) is 0 Å². The second-order valence-electron chi connectivity index (χ2n) is 7.24. The minimum atomic E-state index is 0.0192. The molecule has 0 bridgehead atoms. The number of rotatable bonds is 6. The molecule has 0 saturated carbocycles. The number of nitrogens with zero attached hydrogens (tertiary/aromatic N) is 7. The molecule has 1 fully saturated rings. The summed E-state index contributed by atoms with van der Waals surface area (Å²) in [7, 11) is 1.58. The predicted molar refractivity (Wildman–Crippen MR) is 116 cm³/mol. The summed E-state index contributed by atoms with van der Waals surface area (Å²) >= 11 is 0. The van der Waals surface area contributed by atoms with Crippen molar-refractivity contribution in [1.82, 2.24) is 34.3 Å². The number of aromatic nitrogens is 6. The monoisotopic (exact) mass is 434 g/mol. The standard InChI is InChI=1S/C21H22N8O3/c1-31-19-5-2-15(12-22-19)17-4-3-16-13-23-21(26-29(16)17)24-18-6-7-28(25-18)14-20(30)27-8-10-32-11-9-27/h2-7,12-13H,8-11,14H2,1H3,(H,24,25,26). The zero-order valence-electron chi connectivity index (χ0n) is 17.5. The molecule has 1 aliphatic heterocycles. The topological polar surface area (TPSA) is 112 Å². The number of hydrogen-bond donors (Lipinski definition) is 1. The summed E-state index contributed by atoms with van der Waals surface area (Å²) in [6.07, 6.45) is 5.22. The first-order valence-corrected chi connectivity index (χ1v) is 10.2. The van der Waals surface area contributed by atoms with E-state index >= 15 is 0 Å². The normalized spacial score (nSPS) is 14.0. The predicted octanol–water partition coefficient (Wildman–Crippen LogP) is 1.60. The fourth-order valence-corrected chi connectivity index (χ4v) is 3.51. The number of hydrogen-bond acceptors (Lipinski definition) is 8. The SMILES string of the molecule is COc1ccc(-c2ccc3cnc(Nc4ccn(CC(=O)N5CCOCC5)n4)nn23)cn1. The van der Waals surface area contributed by atoms with Crippen molar-refractivity contribution in [3.8, 4) is 17.1 Å². The Kier molecular flexibility index (Phi) is 5.38. The van der Waals surface area contributed by atoms with Gasteiger partial charge in [0.05, 0.1) is 37.7 Å². The van der Waals surface area contributed by atoms with E-state index in [1.807, 2.05) is 18.2 Å².